The van der Waals surface area contributed by atoms with Crippen LogP contribution in [0.15, 0.2) is 85.1 Å². The van der Waals surface area contributed by atoms with E-state index in [9.17, 15) is 24.0 Å². The number of aryl methyl sites for hydroxylation is 1. The molecule has 446 valence electrons. The molecule has 2 N–H and O–H groups in total. The number of likely N-dealkylation sites (tertiary alicyclic amines) is 1. The Morgan fingerprint density at radius 3 is 2.41 bits per heavy atom. The molecule has 85 heavy (non-hydrogen) atoms. The van der Waals surface area contributed by atoms with E-state index in [0.29, 0.717) is 79.8 Å². The predicted octanol–water partition coefficient (Wildman–Crippen LogP) is 10.9. The maximum absolute atomic E-state index is 15.6. The molecule has 7 aromatic rings. The van der Waals surface area contributed by atoms with Gasteiger partial charge in [0.25, 0.3) is 5.91 Å². The lowest BCUT2D eigenvalue weighted by Crippen LogP contribution is -2.51. The van der Waals surface area contributed by atoms with E-state index in [2.05, 4.69) is 45.3 Å². The van der Waals surface area contributed by atoms with E-state index in [1.54, 1.807) is 50.8 Å². The summed E-state index contributed by atoms with van der Waals surface area (Å²) in [7, 11) is 0.316. The summed E-state index contributed by atoms with van der Waals surface area (Å²) in [5.74, 6) is -2.78. The molecule has 3 fully saturated rings. The topological polar surface area (TPSA) is 203 Å². The number of ether oxygens (including phenoxy) is 3. The molecule has 18 nitrogen and oxygen atoms in total. The highest BCUT2D eigenvalue weighted by Gasteiger charge is 2.49. The zero-order chi connectivity index (χ0) is 60.2. The Hall–Kier alpha value is -7.60. The number of rotatable bonds is 16. The number of fused-ring (bicyclic) bond motifs is 3. The van der Waals surface area contributed by atoms with E-state index in [1.165, 1.54) is 40.5 Å². The maximum atomic E-state index is 15.6. The first-order chi connectivity index (χ1) is 40.4. The number of amides is 4. The average Bonchev–Trinajstić information content (AvgIpc) is 2.11. The van der Waals surface area contributed by atoms with Crippen LogP contribution in [0.1, 0.15) is 109 Å². The predicted molar refractivity (Wildman–Crippen MR) is 320 cm³/mol. The van der Waals surface area contributed by atoms with Crippen LogP contribution in [0.3, 0.4) is 0 Å². The number of esters is 1. The molecule has 1 spiro atoms. The smallest absolute Gasteiger partial charge is 0.420 e. The quantitative estimate of drug-likeness (QED) is 0.0304. The van der Waals surface area contributed by atoms with Crippen LogP contribution in [0.5, 0.6) is 5.75 Å². The Morgan fingerprint density at radius 1 is 0.906 bits per heavy atom. The van der Waals surface area contributed by atoms with Gasteiger partial charge in [-0.3, -0.25) is 44.0 Å². The molecule has 2 saturated heterocycles. The number of halogens is 3. The van der Waals surface area contributed by atoms with Gasteiger partial charge in [-0.05, 0) is 144 Å². The maximum Gasteiger partial charge on any atom is 0.420 e. The number of anilines is 3. The van der Waals surface area contributed by atoms with E-state index < -0.39 is 49.3 Å². The van der Waals surface area contributed by atoms with E-state index in [-0.39, 0.29) is 77.6 Å². The van der Waals surface area contributed by atoms with Crippen LogP contribution >= 0.6 is 11.3 Å². The number of nitrogens with one attached hydrogen (secondary N) is 2. The van der Waals surface area contributed by atoms with E-state index >= 15 is 13.2 Å². The Morgan fingerprint density at radius 2 is 1.68 bits per heavy atom. The Kier molecular flexibility index (Phi) is 16.2. The largest absolute Gasteiger partial charge is 0.490 e. The van der Waals surface area contributed by atoms with Gasteiger partial charge in [-0.1, -0.05) is 55.2 Å². The summed E-state index contributed by atoms with van der Waals surface area (Å²) in [6.07, 6.45) is -0.159. The molecule has 1 unspecified atom stereocenters. The molecule has 1 saturated carbocycles. The first-order valence-corrected chi connectivity index (χ1v) is 33.3. The van der Waals surface area contributed by atoms with Gasteiger partial charge in [-0.15, -0.1) is 0 Å². The van der Waals surface area contributed by atoms with Crippen molar-refractivity contribution in [1.29, 1.82) is 0 Å². The second-order valence-electron chi connectivity index (χ2n) is 25.0. The fourth-order valence-electron chi connectivity index (χ4n) is 11.9. The van der Waals surface area contributed by atoms with Crippen molar-refractivity contribution in [3.05, 3.63) is 119 Å². The van der Waals surface area contributed by atoms with Crippen LogP contribution in [0.25, 0.3) is 32.2 Å². The van der Waals surface area contributed by atoms with Gasteiger partial charge in [-0.25, -0.2) is 14.8 Å². The van der Waals surface area contributed by atoms with E-state index in [0.717, 1.165) is 45.6 Å². The summed E-state index contributed by atoms with van der Waals surface area (Å²) in [4.78, 5) is 86.5. The molecule has 3 aromatic carbocycles. The second-order valence-corrected chi connectivity index (χ2v) is 31.6. The summed E-state index contributed by atoms with van der Waals surface area (Å²) in [5.41, 5.74) is 1.52. The van der Waals surface area contributed by atoms with Gasteiger partial charge in [0.2, 0.25) is 17.7 Å². The van der Waals surface area contributed by atoms with Crippen molar-refractivity contribution in [2.75, 3.05) is 54.6 Å². The van der Waals surface area contributed by atoms with Crippen LogP contribution in [0.2, 0.25) is 25.7 Å². The Bertz CT molecular complexity index is 3710. The molecule has 4 amide bonds. The first-order valence-electron chi connectivity index (χ1n) is 28.8. The number of para-hydroxylation sites is 1. The number of carbonyl (C=O) groups excluding carboxylic acids is 5. The minimum atomic E-state index is -4.91. The molecule has 4 aromatic heterocycles. The van der Waals surface area contributed by atoms with Gasteiger partial charge in [0.1, 0.15) is 35.2 Å². The zero-order valence-corrected chi connectivity index (χ0v) is 50.5. The minimum absolute atomic E-state index is 0.0360. The van der Waals surface area contributed by atoms with Crippen LogP contribution in [-0.4, -0.2) is 119 Å². The lowest BCUT2D eigenvalue weighted by Gasteiger charge is -2.51. The van der Waals surface area contributed by atoms with Crippen LogP contribution in [0.4, 0.5) is 29.8 Å². The lowest BCUT2D eigenvalue weighted by atomic mass is 9.61. The summed E-state index contributed by atoms with van der Waals surface area (Å²) in [6, 6.07) is 23.0. The number of piperidine rings is 2. The fourth-order valence-corrected chi connectivity index (χ4v) is 13.6. The van der Waals surface area contributed by atoms with Crippen molar-refractivity contribution in [3.8, 4) is 16.9 Å². The van der Waals surface area contributed by atoms with Crippen molar-refractivity contribution in [2.45, 2.75) is 122 Å². The highest BCUT2D eigenvalue weighted by molar-refractivity contribution is 7.22. The minimum Gasteiger partial charge on any atom is -0.490 e. The molecule has 0 bridgehead atoms. The molecule has 23 heteroatoms. The van der Waals surface area contributed by atoms with Crippen molar-refractivity contribution in [1.82, 2.24) is 34.9 Å². The second kappa shape index (κ2) is 23.3. The molecule has 1 atom stereocenters. The lowest BCUT2D eigenvalue weighted by molar-refractivity contribution is -0.140. The van der Waals surface area contributed by atoms with Crippen molar-refractivity contribution in [2.24, 2.45) is 12.5 Å². The average molecular weight is 1200 g/mol. The van der Waals surface area contributed by atoms with Gasteiger partial charge in [0, 0.05) is 75.2 Å². The van der Waals surface area contributed by atoms with Gasteiger partial charge in [-0.2, -0.15) is 18.3 Å². The standard InChI is InChI=1S/C62H69F3N10O8SSi/c1-60(2,3)83-58(80)55-41(17-19-49(69-55)74-26-22-37-21-25-66-54(44(37)34-74)57(79)75(36-81-29-30-85(5,6)7)59-68-45-12-8-9-14-48(45)84-59)40-11-10-13-47(52(40)62(63,64)65)82-39-32-61(33-39)23-27-73(28-24-61)35-51(77)67-38-15-16-42-46(31-38)72(4)71-53(42)43-18-20-50(76)70-56(43)78/h8-17,19,21,25,31,39,43H,18,20,22-24,26-30,32-36H2,1-7H3,(H,67,77)(H,70,76,78). The number of aromatic nitrogens is 5. The number of thiazole rings is 1. The van der Waals surface area contributed by atoms with Gasteiger partial charge in [0.15, 0.2) is 10.8 Å². The monoisotopic (exact) mass is 1200 g/mol. The van der Waals surface area contributed by atoms with E-state index in [4.69, 9.17) is 24.2 Å². The van der Waals surface area contributed by atoms with Crippen LogP contribution in [-0.2, 0) is 50.0 Å². The third-order valence-electron chi connectivity index (χ3n) is 16.4. The molecule has 11 rings (SSSR count). The number of pyridine rings is 2. The number of carbonyl (C=O) groups is 5. The summed E-state index contributed by atoms with van der Waals surface area (Å²) >= 11 is 1.38. The van der Waals surface area contributed by atoms with Gasteiger partial charge >= 0.3 is 12.1 Å². The number of nitrogens with zero attached hydrogens (tertiary/aromatic N) is 8. The highest BCUT2D eigenvalue weighted by atomic mass is 32.1. The summed E-state index contributed by atoms with van der Waals surface area (Å²) in [6.45, 7) is 14.2. The number of hydrogen-bond acceptors (Lipinski definition) is 15. The fraction of sp³-hybridized carbons (Fsp3) is 0.435. The van der Waals surface area contributed by atoms with E-state index in [1.807, 2.05) is 47.4 Å². The number of benzene rings is 3. The van der Waals surface area contributed by atoms with Crippen molar-refractivity contribution >= 4 is 86.8 Å². The normalized spacial score (nSPS) is 17.6. The van der Waals surface area contributed by atoms with Crippen LogP contribution < -0.4 is 25.2 Å². The number of hydrogen-bond donors (Lipinski definition) is 2. The SMILES string of the molecule is Cn1nc(C2CCC(=O)NC2=O)c2ccc(NC(=O)CN3CCC4(CC3)CC(Oc3cccc(-c5ccc(N6CCc7ccnc(C(=O)N(COCC[Si](C)(C)C)c8nc9ccccc9s8)c7C6)nc5C(=O)OC(C)(C)C)c3C(F)(F)F)C4)cc21. The van der Waals surface area contributed by atoms with Crippen molar-refractivity contribution in [3.63, 3.8) is 0 Å². The zero-order valence-electron chi connectivity index (χ0n) is 48.7. The number of imide groups is 1. The third-order valence-corrected chi connectivity index (χ3v) is 19.1. The molecular formula is C62H69F3N10O8SSi. The molecule has 4 aliphatic rings. The first kappa shape index (κ1) is 59.1. The van der Waals surface area contributed by atoms with Gasteiger partial charge in [0.05, 0.1) is 40.0 Å². The Labute approximate surface area is 495 Å². The number of alkyl halides is 3. The highest BCUT2D eigenvalue weighted by Crippen LogP contribution is 2.52. The summed E-state index contributed by atoms with van der Waals surface area (Å²) < 4.78 is 67.7. The molecular weight excluding hydrogens is 1130 g/mol. The Balaban J connectivity index is 0.776. The van der Waals surface area contributed by atoms with Gasteiger partial charge < -0.3 is 24.4 Å². The molecule has 3 aliphatic heterocycles. The summed E-state index contributed by atoms with van der Waals surface area (Å²) in [5, 5.41) is 11.2. The molecule has 1 aliphatic carbocycles. The molecule has 0 radical (unpaired) electrons. The molecule has 7 heterocycles. The van der Waals surface area contributed by atoms with Crippen molar-refractivity contribution < 1.29 is 51.4 Å². The van der Waals surface area contributed by atoms with Crippen LogP contribution in [0, 0.1) is 5.41 Å². The third kappa shape index (κ3) is 13.0.